The fourth-order valence-corrected chi connectivity index (χ4v) is 7.78. The zero-order valence-corrected chi connectivity index (χ0v) is 21.8. The highest BCUT2D eigenvalue weighted by atomic mass is 19.1. The number of hydrogen-bond donors (Lipinski definition) is 1. The molecule has 8 heteroatoms. The average molecular weight is 505 g/mol. The molecule has 0 amide bonds. The molecule has 0 bridgehead atoms. The summed E-state index contributed by atoms with van der Waals surface area (Å²) in [5, 5.41) is 11.5. The zero-order valence-electron chi connectivity index (χ0n) is 21.8. The molecule has 7 nitrogen and oxygen atoms in total. The minimum atomic E-state index is -2.04. The van der Waals surface area contributed by atoms with Crippen LogP contribution in [0.15, 0.2) is 23.8 Å². The van der Waals surface area contributed by atoms with Gasteiger partial charge in [-0.15, -0.1) is 0 Å². The van der Waals surface area contributed by atoms with Gasteiger partial charge >= 0.3 is 11.9 Å². The molecule has 1 N–H and O–H groups in total. The van der Waals surface area contributed by atoms with Gasteiger partial charge in [0.05, 0.1) is 6.10 Å². The summed E-state index contributed by atoms with van der Waals surface area (Å²) in [6.07, 6.45) is 4.52. The molecule has 7 atom stereocenters. The molecule has 3 saturated carbocycles. The van der Waals surface area contributed by atoms with Crippen molar-refractivity contribution in [3.63, 3.8) is 0 Å². The van der Waals surface area contributed by atoms with Gasteiger partial charge < -0.3 is 14.6 Å². The molecule has 0 radical (unpaired) electrons. The van der Waals surface area contributed by atoms with Gasteiger partial charge in [-0.25, -0.2) is 4.39 Å². The largest absolute Gasteiger partial charge is 0.457 e. The Kier molecular flexibility index (Phi) is 6.60. The summed E-state index contributed by atoms with van der Waals surface area (Å²) in [5.74, 6) is -2.80. The van der Waals surface area contributed by atoms with Crippen LogP contribution >= 0.6 is 0 Å². The molecule has 4 aliphatic rings. The number of ether oxygens (including phenoxy) is 2. The van der Waals surface area contributed by atoms with Gasteiger partial charge in [-0.2, -0.15) is 0 Å². The van der Waals surface area contributed by atoms with Crippen LogP contribution in [-0.2, 0) is 28.7 Å². The minimum absolute atomic E-state index is 0.0605. The second kappa shape index (κ2) is 8.89. The quantitative estimate of drug-likeness (QED) is 0.548. The highest BCUT2D eigenvalue weighted by molar-refractivity contribution is 6.01. The van der Waals surface area contributed by atoms with Crippen molar-refractivity contribution in [3.8, 4) is 0 Å². The molecular formula is C28H37FO7. The molecule has 0 unspecified atom stereocenters. The molecule has 0 spiro atoms. The van der Waals surface area contributed by atoms with Gasteiger partial charge in [0, 0.05) is 30.1 Å². The van der Waals surface area contributed by atoms with E-state index in [-0.39, 0.29) is 36.9 Å². The molecule has 0 heterocycles. The summed E-state index contributed by atoms with van der Waals surface area (Å²) < 4.78 is 28.3. The molecule has 4 rings (SSSR count). The molecular weight excluding hydrogens is 467 g/mol. The van der Waals surface area contributed by atoms with Crippen molar-refractivity contribution in [1.82, 2.24) is 0 Å². The third-order valence-corrected chi connectivity index (χ3v) is 9.47. The van der Waals surface area contributed by atoms with Crippen LogP contribution in [0.4, 0.5) is 4.39 Å². The number of carbonyl (C=O) groups is 4. The maximum Gasteiger partial charge on any atom is 0.306 e. The van der Waals surface area contributed by atoms with Gasteiger partial charge in [-0.05, 0) is 63.0 Å². The molecule has 0 aromatic heterocycles. The Labute approximate surface area is 211 Å². The number of carbonyl (C=O) groups excluding carboxylic acids is 4. The van der Waals surface area contributed by atoms with Gasteiger partial charge in [0.25, 0.3) is 0 Å². The molecule has 3 fully saturated rings. The van der Waals surface area contributed by atoms with Crippen LogP contribution in [-0.4, -0.2) is 52.6 Å². The van der Waals surface area contributed by atoms with Crippen LogP contribution in [0.25, 0.3) is 0 Å². The molecule has 0 aliphatic heterocycles. The second-order valence-corrected chi connectivity index (χ2v) is 11.9. The van der Waals surface area contributed by atoms with Gasteiger partial charge in [-0.3, -0.25) is 19.2 Å². The number of halogens is 1. The van der Waals surface area contributed by atoms with Gasteiger partial charge in [0.1, 0.15) is 0 Å². The van der Waals surface area contributed by atoms with E-state index in [4.69, 9.17) is 9.47 Å². The monoisotopic (exact) mass is 504 g/mol. The van der Waals surface area contributed by atoms with Gasteiger partial charge in [-0.1, -0.05) is 32.4 Å². The van der Waals surface area contributed by atoms with E-state index in [1.54, 1.807) is 19.9 Å². The summed E-state index contributed by atoms with van der Waals surface area (Å²) in [5.41, 5.74) is -5.19. The van der Waals surface area contributed by atoms with Crippen LogP contribution in [0.3, 0.4) is 0 Å². The van der Waals surface area contributed by atoms with Crippen LogP contribution in [0.2, 0.25) is 0 Å². The van der Waals surface area contributed by atoms with Gasteiger partial charge in [0.2, 0.25) is 5.78 Å². The summed E-state index contributed by atoms with van der Waals surface area (Å²) in [6.45, 7) is 7.92. The van der Waals surface area contributed by atoms with Gasteiger partial charge in [0.15, 0.2) is 23.7 Å². The molecule has 0 aromatic carbocycles. The third kappa shape index (κ3) is 3.70. The normalized spacial score (nSPS) is 41.2. The molecule has 36 heavy (non-hydrogen) atoms. The minimum Gasteiger partial charge on any atom is -0.457 e. The Balaban J connectivity index is 1.70. The summed E-state index contributed by atoms with van der Waals surface area (Å²) in [7, 11) is 0. The van der Waals surface area contributed by atoms with E-state index in [9.17, 15) is 24.3 Å². The first-order valence-corrected chi connectivity index (χ1v) is 12.9. The summed E-state index contributed by atoms with van der Waals surface area (Å²) in [6, 6.07) is 0. The van der Waals surface area contributed by atoms with Crippen molar-refractivity contribution >= 4 is 23.5 Å². The number of allylic oxidation sites excluding steroid dienone is 4. The summed E-state index contributed by atoms with van der Waals surface area (Å²) >= 11 is 0. The van der Waals surface area contributed by atoms with E-state index in [1.807, 2.05) is 13.8 Å². The maximum atomic E-state index is 17.2. The lowest BCUT2D eigenvalue weighted by atomic mass is 9.44. The van der Waals surface area contributed by atoms with E-state index < -0.39 is 58.5 Å². The van der Waals surface area contributed by atoms with E-state index >= 15 is 4.39 Å². The Morgan fingerprint density at radius 1 is 1.19 bits per heavy atom. The lowest BCUT2D eigenvalue weighted by molar-refractivity contribution is -0.225. The average Bonchev–Trinajstić information content (AvgIpc) is 3.05. The number of esters is 2. The first-order chi connectivity index (χ1) is 16.7. The standard InChI is InChI=1S/C28H37FO7/c1-16(2)12-24(34)35-15-23(33)27(36-17(3)30)11-9-20-21-7-6-18-13-19(31)8-10-25(18,4)28(21,29)22(32)14-26(20,27)5/h8,10,13,16,20-22,32H,6-7,9,11-12,14-15H2,1-5H3/t20-,21-,22-,25-,26-,27-,28-/m0/s1. The van der Waals surface area contributed by atoms with E-state index in [1.165, 1.54) is 19.1 Å². The van der Waals surface area contributed by atoms with Crippen molar-refractivity contribution in [2.24, 2.45) is 28.6 Å². The van der Waals surface area contributed by atoms with E-state index in [0.717, 1.165) is 0 Å². The summed E-state index contributed by atoms with van der Waals surface area (Å²) in [4.78, 5) is 50.0. The highest BCUT2D eigenvalue weighted by Gasteiger charge is 2.75. The number of rotatable bonds is 6. The van der Waals surface area contributed by atoms with Crippen molar-refractivity contribution < 1.29 is 38.1 Å². The number of Topliss-reactive ketones (excluding diaryl/α,β-unsaturated/α-hetero) is 1. The first-order valence-electron chi connectivity index (χ1n) is 12.9. The van der Waals surface area contributed by atoms with Crippen LogP contribution in [0.5, 0.6) is 0 Å². The second-order valence-electron chi connectivity index (χ2n) is 11.9. The number of ketones is 2. The van der Waals surface area contributed by atoms with Crippen molar-refractivity contribution in [1.29, 1.82) is 0 Å². The maximum absolute atomic E-state index is 17.2. The van der Waals surface area contributed by atoms with Crippen molar-refractivity contribution in [2.45, 2.75) is 90.5 Å². The predicted molar refractivity (Wildman–Crippen MR) is 128 cm³/mol. The number of hydrogen-bond acceptors (Lipinski definition) is 7. The van der Waals surface area contributed by atoms with Crippen molar-refractivity contribution in [2.75, 3.05) is 6.61 Å². The number of alkyl halides is 1. The number of fused-ring (bicyclic) bond motifs is 5. The molecule has 0 aromatic rings. The van der Waals surface area contributed by atoms with Crippen LogP contribution < -0.4 is 0 Å². The number of aliphatic hydroxyl groups excluding tert-OH is 1. The van der Waals surface area contributed by atoms with Crippen molar-refractivity contribution in [3.05, 3.63) is 23.8 Å². The lowest BCUT2D eigenvalue weighted by Crippen LogP contribution is -2.69. The Hall–Kier alpha value is -2.35. The fourth-order valence-electron chi connectivity index (χ4n) is 7.78. The Morgan fingerprint density at radius 2 is 1.89 bits per heavy atom. The predicted octanol–water partition coefficient (Wildman–Crippen LogP) is 3.82. The van der Waals surface area contributed by atoms with E-state index in [0.29, 0.717) is 24.8 Å². The Morgan fingerprint density at radius 3 is 2.53 bits per heavy atom. The van der Waals surface area contributed by atoms with Crippen LogP contribution in [0.1, 0.15) is 73.1 Å². The number of aliphatic hydroxyl groups is 1. The molecule has 0 saturated heterocycles. The topological polar surface area (TPSA) is 107 Å². The fraction of sp³-hybridized carbons (Fsp3) is 0.714. The first kappa shape index (κ1) is 26.7. The smallest absolute Gasteiger partial charge is 0.306 e. The SMILES string of the molecule is CC(=O)O[C@]1(C(=O)COC(=O)CC(C)C)CC[C@H]2[C@@H]3CCC4=CC(=O)C=C[C@]4(C)[C@@]3(F)[C@@H](O)C[C@@]21C. The molecule has 4 aliphatic carbocycles. The van der Waals surface area contributed by atoms with E-state index in [2.05, 4.69) is 0 Å². The Bertz CT molecular complexity index is 1050. The molecule has 198 valence electrons. The van der Waals surface area contributed by atoms with Crippen LogP contribution in [0, 0.1) is 28.6 Å². The lowest BCUT2D eigenvalue weighted by Gasteiger charge is -2.62. The highest BCUT2D eigenvalue weighted by Crippen LogP contribution is 2.70. The third-order valence-electron chi connectivity index (χ3n) is 9.47. The zero-order chi connectivity index (χ0) is 26.7.